The minimum atomic E-state index is 0.355. The van der Waals surface area contributed by atoms with Gasteiger partial charge in [-0.2, -0.15) is 0 Å². The molecular weight excluding hydrogens is 472 g/mol. The van der Waals surface area contributed by atoms with Crippen molar-refractivity contribution >= 4 is 5.69 Å². The molecule has 0 saturated carbocycles. The number of aromatic hydroxyl groups is 1. The Balaban J connectivity index is 1.42. The van der Waals surface area contributed by atoms with Gasteiger partial charge in [0, 0.05) is 24.8 Å². The molecule has 0 bridgehead atoms. The third-order valence-corrected chi connectivity index (χ3v) is 8.66. The first kappa shape index (κ1) is 26.4. The van der Waals surface area contributed by atoms with E-state index in [4.69, 9.17) is 9.47 Å². The Morgan fingerprint density at radius 3 is 2.26 bits per heavy atom. The van der Waals surface area contributed by atoms with Crippen LogP contribution in [0.5, 0.6) is 17.2 Å². The number of methoxy groups -OCH3 is 2. The van der Waals surface area contributed by atoms with Gasteiger partial charge in [0.25, 0.3) is 0 Å². The monoisotopic (exact) mass is 514 g/mol. The van der Waals surface area contributed by atoms with Crippen LogP contribution in [0.4, 0.5) is 5.69 Å². The van der Waals surface area contributed by atoms with Gasteiger partial charge in [0.15, 0.2) is 11.5 Å². The number of hydrogen-bond acceptors (Lipinski definition) is 5. The highest BCUT2D eigenvalue weighted by atomic mass is 16.5. The van der Waals surface area contributed by atoms with Gasteiger partial charge < -0.3 is 24.4 Å². The van der Waals surface area contributed by atoms with E-state index in [0.29, 0.717) is 17.6 Å². The van der Waals surface area contributed by atoms with Crippen molar-refractivity contribution in [1.82, 2.24) is 4.90 Å². The molecule has 3 aromatic rings. The molecule has 5 heteroatoms. The molecule has 1 aliphatic carbocycles. The molecular formula is C33H42N2O3. The summed E-state index contributed by atoms with van der Waals surface area (Å²) in [7, 11) is 5.64. The summed E-state index contributed by atoms with van der Waals surface area (Å²) >= 11 is 0. The molecule has 1 aliphatic heterocycles. The molecule has 2 aliphatic rings. The zero-order valence-electron chi connectivity index (χ0n) is 23.4. The first-order chi connectivity index (χ1) is 18.5. The van der Waals surface area contributed by atoms with Crippen LogP contribution in [0.2, 0.25) is 0 Å². The number of ether oxygens (including phenoxy) is 2. The molecule has 0 radical (unpaired) electrons. The molecule has 3 aromatic carbocycles. The highest BCUT2D eigenvalue weighted by Gasteiger charge is 2.26. The van der Waals surface area contributed by atoms with Crippen LogP contribution >= 0.6 is 0 Å². The predicted octanol–water partition coefficient (Wildman–Crippen LogP) is 6.52. The van der Waals surface area contributed by atoms with E-state index in [1.165, 1.54) is 59.4 Å². The van der Waals surface area contributed by atoms with E-state index in [1.54, 1.807) is 14.2 Å². The number of benzene rings is 3. The molecule has 1 N–H and O–H groups in total. The Labute approximate surface area is 228 Å². The summed E-state index contributed by atoms with van der Waals surface area (Å²) in [6, 6.07) is 19.5. The second-order valence-electron chi connectivity index (χ2n) is 11.0. The number of likely N-dealkylation sites (tertiary alicyclic amines) is 1. The van der Waals surface area contributed by atoms with E-state index in [1.807, 2.05) is 12.1 Å². The van der Waals surface area contributed by atoms with Crippen LogP contribution in [0.1, 0.15) is 65.8 Å². The van der Waals surface area contributed by atoms with Crippen LogP contribution in [0.25, 0.3) is 0 Å². The van der Waals surface area contributed by atoms with Gasteiger partial charge in [-0.15, -0.1) is 0 Å². The summed E-state index contributed by atoms with van der Waals surface area (Å²) in [4.78, 5) is 4.90. The molecule has 202 valence electrons. The van der Waals surface area contributed by atoms with Gasteiger partial charge in [-0.05, 0) is 117 Å². The molecule has 0 amide bonds. The third-order valence-electron chi connectivity index (χ3n) is 8.66. The number of hydrogen-bond donors (Lipinski definition) is 1. The summed E-state index contributed by atoms with van der Waals surface area (Å²) < 4.78 is 11.5. The highest BCUT2D eigenvalue weighted by molar-refractivity contribution is 5.64. The second kappa shape index (κ2) is 11.7. The number of fused-ring (bicyclic) bond motifs is 1. The summed E-state index contributed by atoms with van der Waals surface area (Å²) in [6.45, 7) is 6.35. The van der Waals surface area contributed by atoms with E-state index in [0.717, 1.165) is 43.9 Å². The van der Waals surface area contributed by atoms with Crippen molar-refractivity contribution in [3.05, 3.63) is 82.4 Å². The van der Waals surface area contributed by atoms with Crippen molar-refractivity contribution in [3.63, 3.8) is 0 Å². The van der Waals surface area contributed by atoms with Gasteiger partial charge in [0.1, 0.15) is 5.75 Å². The number of anilines is 1. The zero-order chi connectivity index (χ0) is 26.6. The number of nitrogens with zero attached hydrogens (tertiary/aromatic N) is 2. The lowest BCUT2D eigenvalue weighted by atomic mass is 9.79. The fourth-order valence-electron chi connectivity index (χ4n) is 6.32. The van der Waals surface area contributed by atoms with Crippen molar-refractivity contribution < 1.29 is 14.6 Å². The minimum Gasteiger partial charge on any atom is -0.508 e. The number of piperidine rings is 1. The van der Waals surface area contributed by atoms with E-state index < -0.39 is 0 Å². The average Bonchev–Trinajstić information content (AvgIpc) is 2.95. The largest absolute Gasteiger partial charge is 0.508 e. The summed E-state index contributed by atoms with van der Waals surface area (Å²) in [5, 5.41) is 9.95. The smallest absolute Gasteiger partial charge is 0.162 e. The van der Waals surface area contributed by atoms with Gasteiger partial charge in [-0.1, -0.05) is 30.3 Å². The lowest BCUT2D eigenvalue weighted by Crippen LogP contribution is -2.29. The van der Waals surface area contributed by atoms with Crippen molar-refractivity contribution in [2.24, 2.45) is 0 Å². The lowest BCUT2D eigenvalue weighted by Gasteiger charge is -2.32. The molecule has 0 spiro atoms. The molecule has 1 unspecified atom stereocenters. The quantitative estimate of drug-likeness (QED) is 0.371. The van der Waals surface area contributed by atoms with Crippen molar-refractivity contribution in [1.29, 1.82) is 0 Å². The predicted molar refractivity (Wildman–Crippen MR) is 155 cm³/mol. The van der Waals surface area contributed by atoms with Crippen LogP contribution in [0, 0.1) is 0 Å². The van der Waals surface area contributed by atoms with Gasteiger partial charge in [0.2, 0.25) is 0 Å². The van der Waals surface area contributed by atoms with Crippen LogP contribution in [0.15, 0.2) is 54.6 Å². The minimum absolute atomic E-state index is 0.355. The Morgan fingerprint density at radius 1 is 0.868 bits per heavy atom. The van der Waals surface area contributed by atoms with E-state index in [-0.39, 0.29) is 0 Å². The molecule has 38 heavy (non-hydrogen) atoms. The van der Waals surface area contributed by atoms with E-state index in [2.05, 4.69) is 66.2 Å². The maximum Gasteiger partial charge on any atom is 0.162 e. The Kier molecular flexibility index (Phi) is 8.13. The lowest BCUT2D eigenvalue weighted by molar-refractivity contribution is 0.255. The van der Waals surface area contributed by atoms with Gasteiger partial charge in [-0.3, -0.25) is 0 Å². The average molecular weight is 515 g/mol. The molecule has 1 heterocycles. The fourth-order valence-corrected chi connectivity index (χ4v) is 6.32. The first-order valence-corrected chi connectivity index (χ1v) is 14.1. The number of phenolic OH excluding ortho intramolecular Hbond substituents is 1. The zero-order valence-corrected chi connectivity index (χ0v) is 23.4. The van der Waals surface area contributed by atoms with Gasteiger partial charge >= 0.3 is 0 Å². The van der Waals surface area contributed by atoms with Crippen LogP contribution in [-0.2, 0) is 19.4 Å². The summed E-state index contributed by atoms with van der Waals surface area (Å²) in [5.74, 6) is 2.96. The van der Waals surface area contributed by atoms with Crippen molar-refractivity contribution in [2.45, 2.75) is 57.4 Å². The van der Waals surface area contributed by atoms with Crippen molar-refractivity contribution in [3.8, 4) is 17.2 Å². The number of rotatable bonds is 8. The molecule has 5 rings (SSSR count). The maximum absolute atomic E-state index is 9.95. The number of phenols is 1. The van der Waals surface area contributed by atoms with Gasteiger partial charge in [0.05, 0.1) is 14.2 Å². The van der Waals surface area contributed by atoms with E-state index >= 15 is 0 Å². The molecule has 1 atom stereocenters. The van der Waals surface area contributed by atoms with E-state index in [9.17, 15) is 5.11 Å². The Morgan fingerprint density at radius 2 is 1.58 bits per heavy atom. The SMILES string of the molecule is CCN(Cc1ccc(C2CCN(C)CC2)cc1)c1cc(OC)c(OC)cc1C1CCc2cc(O)ccc2C1. The van der Waals surface area contributed by atoms with Crippen molar-refractivity contribution in [2.75, 3.05) is 45.8 Å². The standard InChI is InChI=1S/C33H42N2O3/c1-5-35(22-23-6-8-24(9-7-23)25-14-16-34(2)17-15-25)31-21-33(38-4)32(37-3)20-30(31)28-11-10-27-19-29(36)13-12-26(27)18-28/h6-9,12-13,19-21,25,28,36H,5,10-11,14-18,22H2,1-4H3. The normalized spacial score (nSPS) is 18.2. The summed E-state index contributed by atoms with van der Waals surface area (Å²) in [5.41, 5.74) is 7.92. The summed E-state index contributed by atoms with van der Waals surface area (Å²) in [6.07, 6.45) is 5.46. The maximum atomic E-state index is 9.95. The van der Waals surface area contributed by atoms with Gasteiger partial charge in [-0.25, -0.2) is 0 Å². The molecule has 1 saturated heterocycles. The fraction of sp³-hybridized carbons (Fsp3) is 0.455. The Bertz CT molecular complexity index is 1230. The second-order valence-corrected chi connectivity index (χ2v) is 11.0. The molecule has 0 aromatic heterocycles. The highest BCUT2D eigenvalue weighted by Crippen LogP contribution is 2.43. The Hall–Kier alpha value is -3.18. The molecule has 5 nitrogen and oxygen atoms in total. The number of aryl methyl sites for hydroxylation is 1. The molecule has 1 fully saturated rings. The van der Waals surface area contributed by atoms with Crippen LogP contribution in [-0.4, -0.2) is 50.9 Å². The van der Waals surface area contributed by atoms with Crippen LogP contribution in [0.3, 0.4) is 0 Å². The third kappa shape index (κ3) is 5.63. The first-order valence-electron chi connectivity index (χ1n) is 14.1. The topological polar surface area (TPSA) is 45.2 Å². The van der Waals surface area contributed by atoms with Crippen LogP contribution < -0.4 is 14.4 Å².